The topological polar surface area (TPSA) is 76.3 Å². The molecule has 2 heterocycles. The van der Waals surface area contributed by atoms with Crippen molar-refractivity contribution in [2.45, 2.75) is 32.6 Å². The summed E-state index contributed by atoms with van der Waals surface area (Å²) in [6.45, 7) is 6.72. The monoisotopic (exact) mass is 279 g/mol. The van der Waals surface area contributed by atoms with Gasteiger partial charge in [-0.3, -0.25) is 0 Å². The fourth-order valence-electron chi connectivity index (χ4n) is 2.46. The van der Waals surface area contributed by atoms with Gasteiger partial charge in [-0.1, -0.05) is 12.8 Å². The summed E-state index contributed by atoms with van der Waals surface area (Å²) >= 11 is 0. The molecule has 3 N–H and O–H groups in total. The van der Waals surface area contributed by atoms with E-state index in [1.807, 2.05) is 6.92 Å². The minimum absolute atomic E-state index is 0.458. The van der Waals surface area contributed by atoms with Gasteiger partial charge in [0.05, 0.1) is 6.61 Å². The predicted molar refractivity (Wildman–Crippen MR) is 81.0 cm³/mol. The van der Waals surface area contributed by atoms with Crippen LogP contribution in [-0.4, -0.2) is 47.7 Å². The molecule has 0 aromatic carbocycles. The second kappa shape index (κ2) is 7.89. The highest BCUT2D eigenvalue weighted by Gasteiger charge is 2.11. The van der Waals surface area contributed by atoms with Crippen molar-refractivity contribution in [2.24, 2.45) is 0 Å². The molecular weight excluding hydrogens is 254 g/mol. The second-order valence-electron chi connectivity index (χ2n) is 5.06. The lowest BCUT2D eigenvalue weighted by Crippen LogP contribution is -2.30. The quantitative estimate of drug-likeness (QED) is 0.826. The van der Waals surface area contributed by atoms with Gasteiger partial charge in [-0.2, -0.15) is 4.98 Å². The second-order valence-corrected chi connectivity index (χ2v) is 5.06. The Bertz CT molecular complexity index is 405. The van der Waals surface area contributed by atoms with E-state index in [0.29, 0.717) is 24.0 Å². The molecular formula is C14H25N5O. The van der Waals surface area contributed by atoms with Crippen molar-refractivity contribution in [2.75, 3.05) is 43.8 Å². The van der Waals surface area contributed by atoms with E-state index in [1.165, 1.54) is 45.1 Å². The fourth-order valence-corrected chi connectivity index (χ4v) is 2.46. The van der Waals surface area contributed by atoms with Gasteiger partial charge in [0, 0.05) is 13.1 Å². The normalized spacial score (nSPS) is 16.6. The zero-order valence-corrected chi connectivity index (χ0v) is 12.3. The van der Waals surface area contributed by atoms with Gasteiger partial charge in [0.2, 0.25) is 5.88 Å². The van der Waals surface area contributed by atoms with E-state index in [2.05, 4.69) is 20.2 Å². The van der Waals surface area contributed by atoms with E-state index in [0.717, 1.165) is 13.1 Å². The molecule has 1 aromatic heterocycles. The molecule has 1 saturated heterocycles. The molecule has 0 amide bonds. The summed E-state index contributed by atoms with van der Waals surface area (Å²) in [5.74, 6) is 1.12. The molecule has 1 aliphatic rings. The zero-order valence-electron chi connectivity index (χ0n) is 12.3. The van der Waals surface area contributed by atoms with Gasteiger partial charge in [-0.25, -0.2) is 4.98 Å². The van der Waals surface area contributed by atoms with Crippen LogP contribution in [0.2, 0.25) is 0 Å². The number of nitrogen functional groups attached to an aromatic ring is 1. The first-order chi connectivity index (χ1) is 9.81. The van der Waals surface area contributed by atoms with Crippen molar-refractivity contribution in [3.8, 4) is 5.88 Å². The summed E-state index contributed by atoms with van der Waals surface area (Å²) in [5, 5.41) is 3.28. The van der Waals surface area contributed by atoms with Crippen LogP contribution in [0.15, 0.2) is 6.33 Å². The fraction of sp³-hybridized carbons (Fsp3) is 0.714. The number of ether oxygens (including phenoxy) is 1. The Kier molecular flexibility index (Phi) is 5.86. The number of likely N-dealkylation sites (tertiary alicyclic amines) is 1. The highest BCUT2D eigenvalue weighted by Crippen LogP contribution is 2.24. The molecule has 6 heteroatoms. The number of nitrogens with two attached hydrogens (primary N) is 1. The molecule has 2 rings (SSSR count). The van der Waals surface area contributed by atoms with Crippen LogP contribution in [0.5, 0.6) is 5.88 Å². The van der Waals surface area contributed by atoms with E-state index >= 15 is 0 Å². The predicted octanol–water partition coefficient (Wildman–Crippen LogP) is 1.75. The first-order valence-corrected chi connectivity index (χ1v) is 7.50. The smallest absolute Gasteiger partial charge is 0.242 e. The molecule has 0 atom stereocenters. The van der Waals surface area contributed by atoms with Crippen LogP contribution in [0.25, 0.3) is 0 Å². The number of hydrogen-bond acceptors (Lipinski definition) is 6. The molecule has 0 saturated carbocycles. The lowest BCUT2D eigenvalue weighted by molar-refractivity contribution is 0.296. The third kappa shape index (κ3) is 4.23. The number of nitrogens with zero attached hydrogens (tertiary/aromatic N) is 3. The lowest BCUT2D eigenvalue weighted by atomic mass is 10.2. The van der Waals surface area contributed by atoms with Gasteiger partial charge >= 0.3 is 0 Å². The molecule has 0 radical (unpaired) electrons. The van der Waals surface area contributed by atoms with Crippen LogP contribution in [0, 0.1) is 0 Å². The largest absolute Gasteiger partial charge is 0.476 e. The maximum Gasteiger partial charge on any atom is 0.242 e. The highest BCUT2D eigenvalue weighted by molar-refractivity contribution is 5.66. The van der Waals surface area contributed by atoms with E-state index in [-0.39, 0.29) is 0 Å². The number of anilines is 2. The summed E-state index contributed by atoms with van der Waals surface area (Å²) < 4.78 is 5.36. The lowest BCUT2D eigenvalue weighted by Gasteiger charge is -2.20. The number of aromatic nitrogens is 2. The third-order valence-electron chi connectivity index (χ3n) is 3.55. The Morgan fingerprint density at radius 1 is 1.25 bits per heavy atom. The van der Waals surface area contributed by atoms with Gasteiger partial charge < -0.3 is 20.7 Å². The number of nitrogens with one attached hydrogen (secondary N) is 1. The third-order valence-corrected chi connectivity index (χ3v) is 3.55. The minimum Gasteiger partial charge on any atom is -0.476 e. The standard InChI is InChI=1S/C14H25N5O/c1-2-20-14-12(15)13(17-11-18-14)16-7-10-19-8-5-3-4-6-9-19/h11H,2-10,15H2,1H3,(H,16,17,18). The summed E-state index contributed by atoms with van der Waals surface area (Å²) in [6, 6.07) is 0. The van der Waals surface area contributed by atoms with E-state index < -0.39 is 0 Å². The molecule has 1 aliphatic heterocycles. The average Bonchev–Trinajstić information content (AvgIpc) is 2.72. The van der Waals surface area contributed by atoms with E-state index in [4.69, 9.17) is 10.5 Å². The van der Waals surface area contributed by atoms with Crippen molar-refractivity contribution in [1.82, 2.24) is 14.9 Å². The van der Waals surface area contributed by atoms with Crippen LogP contribution >= 0.6 is 0 Å². The molecule has 0 aliphatic carbocycles. The van der Waals surface area contributed by atoms with E-state index in [1.54, 1.807) is 0 Å². The Morgan fingerprint density at radius 3 is 2.70 bits per heavy atom. The SMILES string of the molecule is CCOc1ncnc(NCCN2CCCCCC2)c1N. The number of hydrogen-bond donors (Lipinski definition) is 2. The van der Waals surface area contributed by atoms with Gasteiger partial charge in [0.1, 0.15) is 12.0 Å². The first kappa shape index (κ1) is 14.8. The minimum atomic E-state index is 0.458. The molecule has 20 heavy (non-hydrogen) atoms. The van der Waals surface area contributed by atoms with Crippen molar-refractivity contribution in [3.63, 3.8) is 0 Å². The van der Waals surface area contributed by atoms with Crippen LogP contribution in [0.3, 0.4) is 0 Å². The van der Waals surface area contributed by atoms with Gasteiger partial charge in [0.15, 0.2) is 5.82 Å². The molecule has 112 valence electrons. The van der Waals surface area contributed by atoms with Crippen molar-refractivity contribution >= 4 is 11.5 Å². The summed E-state index contributed by atoms with van der Waals surface area (Å²) in [7, 11) is 0. The molecule has 0 unspecified atom stereocenters. The van der Waals surface area contributed by atoms with Crippen molar-refractivity contribution in [1.29, 1.82) is 0 Å². The van der Waals surface area contributed by atoms with Crippen LogP contribution in [-0.2, 0) is 0 Å². The highest BCUT2D eigenvalue weighted by atomic mass is 16.5. The summed E-state index contributed by atoms with van der Waals surface area (Å²) in [6.07, 6.45) is 6.82. The first-order valence-electron chi connectivity index (χ1n) is 7.50. The van der Waals surface area contributed by atoms with E-state index in [9.17, 15) is 0 Å². The van der Waals surface area contributed by atoms with Crippen molar-refractivity contribution < 1.29 is 4.74 Å². The molecule has 1 fully saturated rings. The maximum absolute atomic E-state index is 5.99. The van der Waals surface area contributed by atoms with Crippen LogP contribution < -0.4 is 15.8 Å². The van der Waals surface area contributed by atoms with Crippen LogP contribution in [0.4, 0.5) is 11.5 Å². The van der Waals surface area contributed by atoms with Gasteiger partial charge in [0.25, 0.3) is 0 Å². The molecule has 1 aromatic rings. The summed E-state index contributed by atoms with van der Waals surface area (Å²) in [4.78, 5) is 10.7. The molecule has 0 spiro atoms. The Labute approximate surface area is 120 Å². The van der Waals surface area contributed by atoms with Gasteiger partial charge in [-0.15, -0.1) is 0 Å². The molecule has 6 nitrogen and oxygen atoms in total. The average molecular weight is 279 g/mol. The Balaban J connectivity index is 1.82. The number of rotatable bonds is 6. The van der Waals surface area contributed by atoms with Gasteiger partial charge in [-0.05, 0) is 32.9 Å². The maximum atomic E-state index is 5.99. The van der Waals surface area contributed by atoms with Crippen molar-refractivity contribution in [3.05, 3.63) is 6.33 Å². The van der Waals surface area contributed by atoms with Crippen LogP contribution in [0.1, 0.15) is 32.6 Å². The Morgan fingerprint density at radius 2 is 2.00 bits per heavy atom. The zero-order chi connectivity index (χ0) is 14.2. The summed E-state index contributed by atoms with van der Waals surface area (Å²) in [5.41, 5.74) is 6.48. The molecule has 0 bridgehead atoms. The Hall–Kier alpha value is -1.56.